The van der Waals surface area contributed by atoms with Crippen molar-refractivity contribution < 1.29 is 4.79 Å². The van der Waals surface area contributed by atoms with Crippen molar-refractivity contribution in [2.45, 2.75) is 6.92 Å². The van der Waals surface area contributed by atoms with Crippen LogP contribution >= 0.6 is 31.9 Å². The SMILES string of the molecule is Cc1ccc(Br)c(NC(=O)c2cccnc2Br)c1. The summed E-state index contributed by atoms with van der Waals surface area (Å²) in [6.07, 6.45) is 1.63. The van der Waals surface area contributed by atoms with E-state index in [9.17, 15) is 4.79 Å². The maximum atomic E-state index is 12.1. The molecule has 1 amide bonds. The second kappa shape index (κ2) is 5.63. The van der Waals surface area contributed by atoms with Crippen molar-refractivity contribution in [1.29, 1.82) is 0 Å². The first kappa shape index (κ1) is 13.2. The smallest absolute Gasteiger partial charge is 0.258 e. The van der Waals surface area contributed by atoms with Gasteiger partial charge in [0.2, 0.25) is 0 Å². The Bertz CT molecular complexity index is 599. The lowest BCUT2D eigenvalue weighted by Gasteiger charge is -2.09. The van der Waals surface area contributed by atoms with E-state index in [1.54, 1.807) is 18.3 Å². The van der Waals surface area contributed by atoms with Gasteiger partial charge >= 0.3 is 0 Å². The fraction of sp³-hybridized carbons (Fsp3) is 0.0769. The molecule has 2 rings (SSSR count). The number of aryl methyl sites for hydroxylation is 1. The molecule has 1 aromatic heterocycles. The van der Waals surface area contributed by atoms with Crippen LogP contribution in [0.2, 0.25) is 0 Å². The molecule has 1 heterocycles. The molecule has 18 heavy (non-hydrogen) atoms. The number of carbonyl (C=O) groups excluding carboxylic acids is 1. The molecule has 0 atom stereocenters. The zero-order valence-electron chi connectivity index (χ0n) is 9.58. The van der Waals surface area contributed by atoms with E-state index in [0.717, 1.165) is 15.7 Å². The number of rotatable bonds is 2. The lowest BCUT2D eigenvalue weighted by atomic mass is 10.2. The fourth-order valence-corrected chi connectivity index (χ4v) is 2.26. The van der Waals surface area contributed by atoms with Gasteiger partial charge in [-0.1, -0.05) is 6.07 Å². The molecule has 0 saturated carbocycles. The number of carbonyl (C=O) groups is 1. The maximum absolute atomic E-state index is 12.1. The molecule has 0 saturated heterocycles. The molecule has 1 N–H and O–H groups in total. The van der Waals surface area contributed by atoms with Crippen molar-refractivity contribution in [3.05, 3.63) is 56.7 Å². The van der Waals surface area contributed by atoms with Crippen molar-refractivity contribution in [2.75, 3.05) is 5.32 Å². The highest BCUT2D eigenvalue weighted by molar-refractivity contribution is 9.10. The van der Waals surface area contributed by atoms with Gasteiger partial charge in [-0.2, -0.15) is 0 Å². The number of amides is 1. The summed E-state index contributed by atoms with van der Waals surface area (Å²) in [5.74, 6) is -0.193. The topological polar surface area (TPSA) is 42.0 Å². The third kappa shape index (κ3) is 2.97. The Kier molecular flexibility index (Phi) is 4.14. The first-order valence-electron chi connectivity index (χ1n) is 5.26. The molecular weight excluding hydrogens is 360 g/mol. The molecule has 5 heteroatoms. The van der Waals surface area contributed by atoms with Gasteiger partial charge in [-0.15, -0.1) is 0 Å². The number of aromatic nitrogens is 1. The zero-order chi connectivity index (χ0) is 13.1. The predicted octanol–water partition coefficient (Wildman–Crippen LogP) is 4.17. The van der Waals surface area contributed by atoms with E-state index >= 15 is 0 Å². The van der Waals surface area contributed by atoms with Crippen LogP contribution < -0.4 is 5.32 Å². The summed E-state index contributed by atoms with van der Waals surface area (Å²) in [4.78, 5) is 16.1. The standard InChI is InChI=1S/C13H10Br2N2O/c1-8-4-5-10(14)11(7-8)17-13(18)9-3-2-6-16-12(9)15/h2-7H,1H3,(H,17,18). The van der Waals surface area contributed by atoms with E-state index in [1.165, 1.54) is 0 Å². The Morgan fingerprint density at radius 3 is 2.78 bits per heavy atom. The van der Waals surface area contributed by atoms with Gasteiger partial charge < -0.3 is 5.32 Å². The maximum Gasteiger partial charge on any atom is 0.258 e. The summed E-state index contributed by atoms with van der Waals surface area (Å²) in [5.41, 5.74) is 2.33. The van der Waals surface area contributed by atoms with Gasteiger partial charge in [0.15, 0.2) is 0 Å². The first-order valence-corrected chi connectivity index (χ1v) is 6.84. The second-order valence-corrected chi connectivity index (χ2v) is 5.38. The summed E-state index contributed by atoms with van der Waals surface area (Å²) in [7, 11) is 0. The molecule has 0 bridgehead atoms. The van der Waals surface area contributed by atoms with E-state index in [2.05, 4.69) is 42.2 Å². The molecule has 0 aliphatic carbocycles. The molecule has 0 unspecified atom stereocenters. The van der Waals surface area contributed by atoms with Gasteiger partial charge in [-0.3, -0.25) is 4.79 Å². The average molecular weight is 370 g/mol. The van der Waals surface area contributed by atoms with Crippen molar-refractivity contribution >= 4 is 43.5 Å². The Labute approximate surface area is 122 Å². The highest BCUT2D eigenvalue weighted by Crippen LogP contribution is 2.24. The van der Waals surface area contributed by atoms with Gasteiger partial charge in [-0.05, 0) is 68.6 Å². The summed E-state index contributed by atoms with van der Waals surface area (Å²) in [6.45, 7) is 1.97. The van der Waals surface area contributed by atoms with Crippen LogP contribution in [0.4, 0.5) is 5.69 Å². The van der Waals surface area contributed by atoms with Crippen LogP contribution in [0.1, 0.15) is 15.9 Å². The van der Waals surface area contributed by atoms with Crippen LogP contribution in [-0.2, 0) is 0 Å². The normalized spacial score (nSPS) is 10.2. The largest absolute Gasteiger partial charge is 0.321 e. The number of nitrogens with one attached hydrogen (secondary N) is 1. The van der Waals surface area contributed by atoms with Gasteiger partial charge in [-0.25, -0.2) is 4.98 Å². The number of hydrogen-bond acceptors (Lipinski definition) is 2. The van der Waals surface area contributed by atoms with Crippen molar-refractivity contribution in [3.8, 4) is 0 Å². The van der Waals surface area contributed by atoms with Gasteiger partial charge in [0, 0.05) is 10.7 Å². The summed E-state index contributed by atoms with van der Waals surface area (Å²) >= 11 is 6.67. The zero-order valence-corrected chi connectivity index (χ0v) is 12.7. The van der Waals surface area contributed by atoms with Crippen LogP contribution in [-0.4, -0.2) is 10.9 Å². The number of benzene rings is 1. The fourth-order valence-electron chi connectivity index (χ4n) is 1.48. The quantitative estimate of drug-likeness (QED) is 0.807. The van der Waals surface area contributed by atoms with Gasteiger partial charge in [0.05, 0.1) is 11.3 Å². The van der Waals surface area contributed by atoms with E-state index in [0.29, 0.717) is 10.2 Å². The van der Waals surface area contributed by atoms with Crippen LogP contribution in [0.5, 0.6) is 0 Å². The minimum Gasteiger partial charge on any atom is -0.321 e. The summed E-state index contributed by atoms with van der Waals surface area (Å²) in [6, 6.07) is 9.23. The number of anilines is 1. The Balaban J connectivity index is 2.27. The van der Waals surface area contributed by atoms with E-state index in [4.69, 9.17) is 0 Å². The van der Waals surface area contributed by atoms with Crippen molar-refractivity contribution in [1.82, 2.24) is 4.98 Å². The molecule has 0 radical (unpaired) electrons. The van der Waals surface area contributed by atoms with Crippen LogP contribution in [0.3, 0.4) is 0 Å². The molecule has 2 aromatic rings. The van der Waals surface area contributed by atoms with Crippen LogP contribution in [0.15, 0.2) is 45.6 Å². The Hall–Kier alpha value is -1.20. The molecule has 0 aliphatic heterocycles. The van der Waals surface area contributed by atoms with Crippen molar-refractivity contribution in [2.24, 2.45) is 0 Å². The van der Waals surface area contributed by atoms with Crippen LogP contribution in [0, 0.1) is 6.92 Å². The predicted molar refractivity (Wildman–Crippen MR) is 78.8 cm³/mol. The molecule has 3 nitrogen and oxygen atoms in total. The Morgan fingerprint density at radius 1 is 1.28 bits per heavy atom. The lowest BCUT2D eigenvalue weighted by Crippen LogP contribution is -2.13. The second-order valence-electron chi connectivity index (χ2n) is 3.78. The first-order chi connectivity index (χ1) is 8.58. The molecule has 92 valence electrons. The number of nitrogens with zero attached hydrogens (tertiary/aromatic N) is 1. The summed E-state index contributed by atoms with van der Waals surface area (Å²) < 4.78 is 1.38. The highest BCUT2D eigenvalue weighted by atomic mass is 79.9. The van der Waals surface area contributed by atoms with E-state index in [1.807, 2.05) is 25.1 Å². The molecule has 1 aromatic carbocycles. The van der Waals surface area contributed by atoms with Crippen molar-refractivity contribution in [3.63, 3.8) is 0 Å². The Morgan fingerprint density at radius 2 is 2.06 bits per heavy atom. The molecule has 0 spiro atoms. The monoisotopic (exact) mass is 368 g/mol. The molecular formula is C13H10Br2N2O. The summed E-state index contributed by atoms with van der Waals surface area (Å²) in [5, 5.41) is 2.85. The highest BCUT2D eigenvalue weighted by Gasteiger charge is 2.11. The molecule has 0 aliphatic rings. The van der Waals surface area contributed by atoms with E-state index in [-0.39, 0.29) is 5.91 Å². The number of halogens is 2. The van der Waals surface area contributed by atoms with Gasteiger partial charge in [0.1, 0.15) is 4.60 Å². The molecule has 0 fully saturated rings. The average Bonchev–Trinajstić information content (AvgIpc) is 2.34. The lowest BCUT2D eigenvalue weighted by molar-refractivity contribution is 0.102. The third-order valence-corrected chi connectivity index (χ3v) is 3.70. The number of hydrogen-bond donors (Lipinski definition) is 1. The van der Waals surface area contributed by atoms with Crippen LogP contribution in [0.25, 0.3) is 0 Å². The minimum atomic E-state index is -0.193. The van der Waals surface area contributed by atoms with Gasteiger partial charge in [0.25, 0.3) is 5.91 Å². The third-order valence-electron chi connectivity index (χ3n) is 2.37. The van der Waals surface area contributed by atoms with E-state index < -0.39 is 0 Å². The minimum absolute atomic E-state index is 0.193. The number of pyridine rings is 1.